The van der Waals surface area contributed by atoms with E-state index in [2.05, 4.69) is 38.9 Å². The van der Waals surface area contributed by atoms with E-state index in [4.69, 9.17) is 4.74 Å². The molecule has 1 amide bonds. The first kappa shape index (κ1) is 17.7. The van der Waals surface area contributed by atoms with Gasteiger partial charge in [0.1, 0.15) is 6.61 Å². The van der Waals surface area contributed by atoms with Crippen LogP contribution in [0, 0.1) is 0 Å². The molecule has 0 spiro atoms. The van der Waals surface area contributed by atoms with Crippen molar-refractivity contribution in [1.29, 1.82) is 0 Å². The number of likely N-dealkylation sites (tertiary alicyclic amines) is 1. The SMILES string of the molecule is O=C(OCC1c2ccccc2-c2ccccc21)N1CCC(c2noc(=O)[nH]2)CC1. The number of carbonyl (C=O) groups is 1. The lowest BCUT2D eigenvalue weighted by Crippen LogP contribution is -2.39. The summed E-state index contributed by atoms with van der Waals surface area (Å²) in [4.78, 5) is 28.1. The Labute approximate surface area is 167 Å². The molecule has 7 heteroatoms. The first-order valence-electron chi connectivity index (χ1n) is 9.86. The summed E-state index contributed by atoms with van der Waals surface area (Å²) in [5, 5.41) is 3.76. The number of ether oxygens (including phenoxy) is 1. The smallest absolute Gasteiger partial charge is 0.438 e. The van der Waals surface area contributed by atoms with Gasteiger partial charge in [-0.3, -0.25) is 9.51 Å². The van der Waals surface area contributed by atoms with Gasteiger partial charge in [-0.15, -0.1) is 0 Å². The summed E-state index contributed by atoms with van der Waals surface area (Å²) in [7, 11) is 0. The normalized spacial score (nSPS) is 16.5. The second-order valence-corrected chi connectivity index (χ2v) is 7.55. The Kier molecular flexibility index (Phi) is 4.42. The van der Waals surface area contributed by atoms with Crippen LogP contribution in [0.1, 0.15) is 41.6 Å². The van der Waals surface area contributed by atoms with Crippen molar-refractivity contribution in [3.05, 3.63) is 76.0 Å². The molecule has 0 bridgehead atoms. The zero-order valence-corrected chi connectivity index (χ0v) is 15.8. The quantitative estimate of drug-likeness (QED) is 0.738. The lowest BCUT2D eigenvalue weighted by molar-refractivity contribution is 0.0898. The van der Waals surface area contributed by atoms with Crippen LogP contribution in [0.15, 0.2) is 57.8 Å². The number of rotatable bonds is 3. The van der Waals surface area contributed by atoms with E-state index in [1.165, 1.54) is 22.3 Å². The van der Waals surface area contributed by atoms with Crippen molar-refractivity contribution < 1.29 is 14.1 Å². The molecule has 1 aromatic heterocycles. The molecule has 1 aliphatic heterocycles. The molecule has 3 aromatic rings. The summed E-state index contributed by atoms with van der Waals surface area (Å²) in [6, 6.07) is 16.6. The molecule has 0 unspecified atom stereocenters. The van der Waals surface area contributed by atoms with E-state index in [0.29, 0.717) is 38.4 Å². The maximum Gasteiger partial charge on any atom is 0.438 e. The van der Waals surface area contributed by atoms with Gasteiger partial charge in [-0.1, -0.05) is 53.7 Å². The van der Waals surface area contributed by atoms with Crippen LogP contribution in [0.2, 0.25) is 0 Å². The number of fused-ring (bicyclic) bond motifs is 3. The van der Waals surface area contributed by atoms with E-state index in [1.54, 1.807) is 4.90 Å². The molecular weight excluding hydrogens is 370 g/mol. The van der Waals surface area contributed by atoms with E-state index >= 15 is 0 Å². The molecule has 1 N–H and O–H groups in total. The number of H-pyrrole nitrogens is 1. The number of nitrogens with zero attached hydrogens (tertiary/aromatic N) is 2. The van der Waals surface area contributed by atoms with Gasteiger partial charge in [-0.25, -0.2) is 9.59 Å². The molecule has 2 heterocycles. The molecular formula is C22H21N3O4. The van der Waals surface area contributed by atoms with Crippen LogP contribution in [-0.4, -0.2) is 40.8 Å². The first-order chi connectivity index (χ1) is 14.2. The molecule has 2 aromatic carbocycles. The van der Waals surface area contributed by atoms with Gasteiger partial charge in [0.25, 0.3) is 0 Å². The van der Waals surface area contributed by atoms with Crippen LogP contribution in [0.25, 0.3) is 11.1 Å². The summed E-state index contributed by atoms with van der Waals surface area (Å²) >= 11 is 0. The highest BCUT2D eigenvalue weighted by Crippen LogP contribution is 2.44. The van der Waals surface area contributed by atoms with Gasteiger partial charge in [0.05, 0.1) is 0 Å². The Morgan fingerprint density at radius 3 is 2.28 bits per heavy atom. The van der Waals surface area contributed by atoms with Gasteiger partial charge in [-0.05, 0) is 35.1 Å². The number of amides is 1. The van der Waals surface area contributed by atoms with Crippen LogP contribution in [-0.2, 0) is 4.74 Å². The number of hydrogen-bond acceptors (Lipinski definition) is 5. The summed E-state index contributed by atoms with van der Waals surface area (Å²) in [5.74, 6) is 0.171. The summed E-state index contributed by atoms with van der Waals surface area (Å²) in [6.07, 6.45) is 1.14. The van der Waals surface area contributed by atoms with Gasteiger partial charge < -0.3 is 9.64 Å². The number of piperidine rings is 1. The van der Waals surface area contributed by atoms with E-state index in [9.17, 15) is 9.59 Å². The predicted molar refractivity (Wildman–Crippen MR) is 106 cm³/mol. The van der Waals surface area contributed by atoms with Gasteiger partial charge in [-0.2, -0.15) is 0 Å². The minimum absolute atomic E-state index is 0.0593. The van der Waals surface area contributed by atoms with Crippen LogP contribution in [0.4, 0.5) is 4.79 Å². The monoisotopic (exact) mass is 391 g/mol. The Balaban J connectivity index is 1.23. The maximum absolute atomic E-state index is 12.6. The number of aromatic nitrogens is 2. The van der Waals surface area contributed by atoms with Crippen molar-refractivity contribution >= 4 is 6.09 Å². The van der Waals surface area contributed by atoms with Crippen molar-refractivity contribution in [3.63, 3.8) is 0 Å². The summed E-state index contributed by atoms with van der Waals surface area (Å²) in [6.45, 7) is 1.45. The average Bonchev–Trinajstić information content (AvgIpc) is 3.34. The van der Waals surface area contributed by atoms with Crippen molar-refractivity contribution in [3.8, 4) is 11.1 Å². The first-order valence-corrected chi connectivity index (χ1v) is 9.86. The van der Waals surface area contributed by atoms with E-state index in [-0.39, 0.29) is 17.9 Å². The highest BCUT2D eigenvalue weighted by molar-refractivity contribution is 5.79. The Morgan fingerprint density at radius 1 is 1.07 bits per heavy atom. The van der Waals surface area contributed by atoms with Crippen LogP contribution < -0.4 is 5.76 Å². The molecule has 0 saturated carbocycles. The maximum atomic E-state index is 12.6. The van der Waals surface area contributed by atoms with Crippen molar-refractivity contribution in [2.75, 3.05) is 19.7 Å². The van der Waals surface area contributed by atoms with Gasteiger partial charge >= 0.3 is 11.8 Å². The number of benzene rings is 2. The van der Waals surface area contributed by atoms with E-state index < -0.39 is 5.76 Å². The molecule has 29 heavy (non-hydrogen) atoms. The fraction of sp³-hybridized carbons (Fsp3) is 0.318. The molecule has 7 nitrogen and oxygen atoms in total. The van der Waals surface area contributed by atoms with Crippen LogP contribution >= 0.6 is 0 Å². The van der Waals surface area contributed by atoms with Crippen molar-refractivity contribution in [2.24, 2.45) is 0 Å². The zero-order valence-electron chi connectivity index (χ0n) is 15.8. The van der Waals surface area contributed by atoms with Gasteiger partial charge in [0.15, 0.2) is 5.82 Å². The topological polar surface area (TPSA) is 88.4 Å². The summed E-state index contributed by atoms with van der Waals surface area (Å²) < 4.78 is 10.3. The molecule has 0 atom stereocenters. The summed E-state index contributed by atoms with van der Waals surface area (Å²) in [5.41, 5.74) is 4.84. The molecule has 1 saturated heterocycles. The molecule has 2 aliphatic rings. The van der Waals surface area contributed by atoms with Crippen LogP contribution in [0.3, 0.4) is 0 Å². The standard InChI is InChI=1S/C22H21N3O4/c26-21-23-20(24-29-21)14-9-11-25(12-10-14)22(27)28-13-19-17-7-3-1-5-15(17)16-6-2-4-8-18(16)19/h1-8,14,19H,9-13H2,(H,23,24,26). The largest absolute Gasteiger partial charge is 0.448 e. The Hall–Kier alpha value is -3.35. The third kappa shape index (κ3) is 3.22. The van der Waals surface area contributed by atoms with Gasteiger partial charge in [0.2, 0.25) is 0 Å². The predicted octanol–water partition coefficient (Wildman–Crippen LogP) is 3.49. The molecule has 5 rings (SSSR count). The second kappa shape index (κ2) is 7.24. The fourth-order valence-electron chi connectivity index (χ4n) is 4.44. The second-order valence-electron chi connectivity index (χ2n) is 7.55. The lowest BCUT2D eigenvalue weighted by Gasteiger charge is -2.30. The minimum atomic E-state index is -0.543. The number of aromatic amines is 1. The highest BCUT2D eigenvalue weighted by atomic mass is 16.6. The minimum Gasteiger partial charge on any atom is -0.448 e. The number of nitrogens with one attached hydrogen (secondary N) is 1. The third-order valence-corrected chi connectivity index (χ3v) is 5.93. The lowest BCUT2D eigenvalue weighted by atomic mass is 9.96. The highest BCUT2D eigenvalue weighted by Gasteiger charge is 2.31. The van der Waals surface area contributed by atoms with E-state index in [0.717, 1.165) is 0 Å². The Morgan fingerprint density at radius 2 is 1.69 bits per heavy atom. The van der Waals surface area contributed by atoms with E-state index in [1.807, 2.05) is 24.3 Å². The number of carbonyl (C=O) groups excluding carboxylic acids is 1. The van der Waals surface area contributed by atoms with Gasteiger partial charge in [0, 0.05) is 24.9 Å². The molecule has 1 fully saturated rings. The molecule has 148 valence electrons. The van der Waals surface area contributed by atoms with Crippen molar-refractivity contribution in [2.45, 2.75) is 24.7 Å². The Bertz CT molecular complexity index is 1050. The zero-order chi connectivity index (χ0) is 19.8. The fourth-order valence-corrected chi connectivity index (χ4v) is 4.44. The number of hydrogen-bond donors (Lipinski definition) is 1. The molecule has 1 aliphatic carbocycles. The third-order valence-electron chi connectivity index (χ3n) is 5.93. The average molecular weight is 391 g/mol. The van der Waals surface area contributed by atoms with Crippen LogP contribution in [0.5, 0.6) is 0 Å². The molecule has 0 radical (unpaired) electrons. The van der Waals surface area contributed by atoms with Crippen molar-refractivity contribution in [1.82, 2.24) is 15.0 Å².